The summed E-state index contributed by atoms with van der Waals surface area (Å²) in [6, 6.07) is 0.268. The minimum atomic E-state index is -0.422. The number of piperidine rings is 1. The predicted molar refractivity (Wildman–Crippen MR) is 85.3 cm³/mol. The van der Waals surface area contributed by atoms with E-state index in [9.17, 15) is 4.79 Å². The average Bonchev–Trinajstić information content (AvgIpc) is 2.66. The summed E-state index contributed by atoms with van der Waals surface area (Å²) in [5.41, 5.74) is -0.422. The highest BCUT2D eigenvalue weighted by Crippen LogP contribution is 2.32. The van der Waals surface area contributed by atoms with Crippen molar-refractivity contribution in [2.24, 2.45) is 11.8 Å². The highest BCUT2D eigenvalue weighted by Gasteiger charge is 2.33. The van der Waals surface area contributed by atoms with Crippen molar-refractivity contribution in [1.82, 2.24) is 10.6 Å². The minimum Gasteiger partial charge on any atom is -0.444 e. The van der Waals surface area contributed by atoms with Gasteiger partial charge in [0.25, 0.3) is 0 Å². The predicted octanol–water partition coefficient (Wildman–Crippen LogP) is 3.46. The van der Waals surface area contributed by atoms with Gasteiger partial charge >= 0.3 is 6.09 Å². The van der Waals surface area contributed by atoms with Gasteiger partial charge in [-0.25, -0.2) is 4.79 Å². The van der Waals surface area contributed by atoms with E-state index in [-0.39, 0.29) is 12.1 Å². The Bertz CT molecular complexity index is 330. The molecule has 1 aliphatic carbocycles. The number of amides is 1. The number of hydrogen-bond acceptors (Lipinski definition) is 3. The van der Waals surface area contributed by atoms with Crippen molar-refractivity contribution in [3.05, 3.63) is 0 Å². The first-order valence-electron chi connectivity index (χ1n) is 8.66. The fourth-order valence-corrected chi connectivity index (χ4v) is 3.76. The van der Waals surface area contributed by atoms with Crippen LogP contribution in [0.1, 0.15) is 65.7 Å². The molecule has 1 heterocycles. The zero-order valence-corrected chi connectivity index (χ0v) is 13.9. The van der Waals surface area contributed by atoms with Crippen LogP contribution >= 0.6 is 0 Å². The van der Waals surface area contributed by atoms with E-state index < -0.39 is 5.60 Å². The van der Waals surface area contributed by atoms with Crippen molar-refractivity contribution in [2.75, 3.05) is 13.1 Å². The molecule has 2 fully saturated rings. The number of carbonyl (C=O) groups is 1. The molecule has 1 amide bonds. The summed E-state index contributed by atoms with van der Waals surface area (Å²) in [5, 5.41) is 6.65. The molecule has 1 saturated carbocycles. The van der Waals surface area contributed by atoms with Gasteiger partial charge < -0.3 is 15.4 Å². The Balaban J connectivity index is 1.93. The van der Waals surface area contributed by atoms with Crippen molar-refractivity contribution in [3.8, 4) is 0 Å². The van der Waals surface area contributed by atoms with Crippen molar-refractivity contribution >= 4 is 6.09 Å². The molecule has 4 nitrogen and oxygen atoms in total. The van der Waals surface area contributed by atoms with Crippen molar-refractivity contribution in [2.45, 2.75) is 77.4 Å². The lowest BCUT2D eigenvalue weighted by Crippen LogP contribution is -2.52. The standard InChI is InChI=1S/C17H32N2O2/c1-17(2,3)21-16(20)19-15-10-11-18-12-14(15)13-8-6-4-5-7-9-13/h13-15,18H,4-12H2,1-3H3,(H,19,20). The molecule has 4 heteroatoms. The number of nitrogens with one attached hydrogen (secondary N) is 2. The van der Waals surface area contributed by atoms with E-state index >= 15 is 0 Å². The highest BCUT2D eigenvalue weighted by atomic mass is 16.6. The molecule has 0 aromatic rings. The van der Waals surface area contributed by atoms with E-state index in [4.69, 9.17) is 4.74 Å². The van der Waals surface area contributed by atoms with E-state index in [1.807, 2.05) is 20.8 Å². The van der Waals surface area contributed by atoms with Gasteiger partial charge in [-0.1, -0.05) is 38.5 Å². The van der Waals surface area contributed by atoms with E-state index in [2.05, 4.69) is 10.6 Å². The first-order valence-corrected chi connectivity index (χ1v) is 8.66. The zero-order chi connectivity index (χ0) is 15.3. The molecule has 1 saturated heterocycles. The summed E-state index contributed by atoms with van der Waals surface area (Å²) in [7, 11) is 0. The van der Waals surface area contributed by atoms with Crippen LogP contribution in [0.4, 0.5) is 4.79 Å². The maximum atomic E-state index is 12.1. The maximum absolute atomic E-state index is 12.1. The maximum Gasteiger partial charge on any atom is 0.407 e. The second kappa shape index (κ2) is 7.48. The van der Waals surface area contributed by atoms with Crippen LogP contribution in [0.5, 0.6) is 0 Å². The van der Waals surface area contributed by atoms with Crippen LogP contribution < -0.4 is 10.6 Å². The third-order valence-electron chi connectivity index (χ3n) is 4.74. The monoisotopic (exact) mass is 296 g/mol. The molecule has 0 aromatic carbocycles. The lowest BCUT2D eigenvalue weighted by molar-refractivity contribution is 0.0451. The fourth-order valence-electron chi connectivity index (χ4n) is 3.76. The van der Waals surface area contributed by atoms with Crippen molar-refractivity contribution in [3.63, 3.8) is 0 Å². The number of rotatable bonds is 2. The number of hydrogen-bond donors (Lipinski definition) is 2. The molecular weight excluding hydrogens is 264 g/mol. The lowest BCUT2D eigenvalue weighted by atomic mass is 9.78. The zero-order valence-electron chi connectivity index (χ0n) is 13.9. The molecule has 0 radical (unpaired) electrons. The van der Waals surface area contributed by atoms with E-state index in [0.29, 0.717) is 5.92 Å². The quantitative estimate of drug-likeness (QED) is 0.767. The molecule has 1 aliphatic heterocycles. The SMILES string of the molecule is CC(C)(C)OC(=O)NC1CCNCC1C1CCCCCC1. The highest BCUT2D eigenvalue weighted by molar-refractivity contribution is 5.68. The number of alkyl carbamates (subject to hydrolysis) is 1. The van der Waals surface area contributed by atoms with Crippen molar-refractivity contribution in [1.29, 1.82) is 0 Å². The van der Waals surface area contributed by atoms with Crippen LogP contribution in [0.15, 0.2) is 0 Å². The van der Waals surface area contributed by atoms with Crippen LogP contribution in [0.2, 0.25) is 0 Å². The second-order valence-electron chi connectivity index (χ2n) is 7.66. The van der Waals surface area contributed by atoms with Crippen LogP contribution in [0.3, 0.4) is 0 Å². The molecule has 2 unspecified atom stereocenters. The summed E-state index contributed by atoms with van der Waals surface area (Å²) >= 11 is 0. The van der Waals surface area contributed by atoms with Crippen LogP contribution in [0.25, 0.3) is 0 Å². The lowest BCUT2D eigenvalue weighted by Gasteiger charge is -2.38. The molecule has 0 bridgehead atoms. The van der Waals surface area contributed by atoms with Gasteiger partial charge in [0.2, 0.25) is 0 Å². The smallest absolute Gasteiger partial charge is 0.407 e. The Morgan fingerprint density at radius 3 is 2.38 bits per heavy atom. The minimum absolute atomic E-state index is 0.256. The summed E-state index contributed by atoms with van der Waals surface area (Å²) in [6.45, 7) is 7.77. The van der Waals surface area contributed by atoms with Gasteiger partial charge in [0.05, 0.1) is 0 Å². The Morgan fingerprint density at radius 2 is 1.76 bits per heavy atom. The molecule has 2 atom stereocenters. The third kappa shape index (κ3) is 5.50. The topological polar surface area (TPSA) is 50.4 Å². The molecule has 122 valence electrons. The number of carbonyl (C=O) groups excluding carboxylic acids is 1. The second-order valence-corrected chi connectivity index (χ2v) is 7.66. The van der Waals surface area contributed by atoms with Gasteiger partial charge in [0, 0.05) is 12.6 Å². The van der Waals surface area contributed by atoms with Crippen molar-refractivity contribution < 1.29 is 9.53 Å². The molecule has 0 aromatic heterocycles. The van der Waals surface area contributed by atoms with Gasteiger partial charge in [0.15, 0.2) is 0 Å². The summed E-state index contributed by atoms with van der Waals surface area (Å²) in [4.78, 5) is 12.1. The van der Waals surface area contributed by atoms with Gasteiger partial charge in [-0.3, -0.25) is 0 Å². The van der Waals surface area contributed by atoms with E-state index in [1.54, 1.807) is 0 Å². The van der Waals surface area contributed by atoms with Crippen LogP contribution in [0, 0.1) is 11.8 Å². The molecular formula is C17H32N2O2. The largest absolute Gasteiger partial charge is 0.444 e. The molecule has 21 heavy (non-hydrogen) atoms. The van der Waals surface area contributed by atoms with Gasteiger partial charge in [0.1, 0.15) is 5.60 Å². The summed E-state index contributed by atoms with van der Waals surface area (Å²) < 4.78 is 5.43. The van der Waals surface area contributed by atoms with Crippen LogP contribution in [-0.4, -0.2) is 30.8 Å². The first kappa shape index (κ1) is 16.6. The Labute approximate surface area is 129 Å². The van der Waals surface area contributed by atoms with Crippen LogP contribution in [-0.2, 0) is 4.74 Å². The molecule has 2 aliphatic rings. The Morgan fingerprint density at radius 1 is 1.10 bits per heavy atom. The summed E-state index contributed by atoms with van der Waals surface area (Å²) in [6.07, 6.45) is 8.84. The molecule has 2 rings (SSSR count). The normalized spacial score (nSPS) is 28.7. The fraction of sp³-hybridized carbons (Fsp3) is 0.941. The third-order valence-corrected chi connectivity index (χ3v) is 4.74. The van der Waals surface area contributed by atoms with Gasteiger partial charge in [-0.2, -0.15) is 0 Å². The first-order chi connectivity index (χ1) is 9.96. The number of ether oxygens (including phenoxy) is 1. The summed E-state index contributed by atoms with van der Waals surface area (Å²) in [5.74, 6) is 1.31. The molecule has 2 N–H and O–H groups in total. The van der Waals surface area contributed by atoms with E-state index in [0.717, 1.165) is 25.4 Å². The van der Waals surface area contributed by atoms with E-state index in [1.165, 1.54) is 38.5 Å². The van der Waals surface area contributed by atoms with Gasteiger partial charge in [-0.05, 0) is 45.6 Å². The molecule has 0 spiro atoms. The van der Waals surface area contributed by atoms with Gasteiger partial charge in [-0.15, -0.1) is 0 Å². The Kier molecular flexibility index (Phi) is 5.91. The average molecular weight is 296 g/mol. The Hall–Kier alpha value is -0.770.